The zero-order chi connectivity index (χ0) is 13.8. The van der Waals surface area contributed by atoms with Gasteiger partial charge in [-0.2, -0.15) is 0 Å². The normalized spacial score (nSPS) is 19.6. The van der Waals surface area contributed by atoms with Gasteiger partial charge in [-0.1, -0.05) is 37.3 Å². The van der Waals surface area contributed by atoms with Crippen LogP contribution >= 0.6 is 0 Å². The molecule has 0 spiro atoms. The molecule has 0 radical (unpaired) electrons. The molecule has 0 heterocycles. The van der Waals surface area contributed by atoms with E-state index >= 15 is 0 Å². The van der Waals surface area contributed by atoms with Gasteiger partial charge in [0.15, 0.2) is 11.6 Å². The van der Waals surface area contributed by atoms with Crippen LogP contribution in [0.4, 0.5) is 0 Å². The molecule has 1 aliphatic carbocycles. The molecule has 2 rings (SSSR count). The molecule has 0 bridgehead atoms. The molecule has 1 N–H and O–H groups in total. The molecular formula is C16H18O3. The zero-order valence-electron chi connectivity index (χ0n) is 11.1. The van der Waals surface area contributed by atoms with Crippen molar-refractivity contribution in [1.29, 1.82) is 0 Å². The highest BCUT2D eigenvalue weighted by molar-refractivity contribution is 6.21. The Morgan fingerprint density at radius 2 is 2.00 bits per heavy atom. The van der Waals surface area contributed by atoms with E-state index < -0.39 is 0 Å². The van der Waals surface area contributed by atoms with Gasteiger partial charge in [0.25, 0.3) is 0 Å². The number of allylic oxidation sites excluding steroid dienone is 2. The Labute approximate surface area is 113 Å². The lowest BCUT2D eigenvalue weighted by Crippen LogP contribution is -2.23. The lowest BCUT2D eigenvalue weighted by atomic mass is 9.81. The summed E-state index contributed by atoms with van der Waals surface area (Å²) in [4.78, 5) is 23.8. The van der Waals surface area contributed by atoms with Gasteiger partial charge >= 0.3 is 0 Å². The predicted molar refractivity (Wildman–Crippen MR) is 73.0 cm³/mol. The third kappa shape index (κ3) is 2.75. The quantitative estimate of drug-likeness (QED) is 0.843. The van der Waals surface area contributed by atoms with E-state index in [1.165, 1.54) is 0 Å². The molecule has 0 saturated heterocycles. The Kier molecular flexibility index (Phi) is 4.15. The van der Waals surface area contributed by atoms with Crippen molar-refractivity contribution in [1.82, 2.24) is 0 Å². The summed E-state index contributed by atoms with van der Waals surface area (Å²) in [5.41, 5.74) is 0.983. The van der Waals surface area contributed by atoms with Gasteiger partial charge in [0.05, 0.1) is 5.57 Å². The van der Waals surface area contributed by atoms with E-state index in [1.807, 2.05) is 37.3 Å². The first-order valence-electron chi connectivity index (χ1n) is 6.69. The number of aliphatic hydroxyl groups excluding tert-OH is 1. The van der Waals surface area contributed by atoms with Crippen molar-refractivity contribution >= 4 is 11.6 Å². The molecule has 0 aliphatic heterocycles. The highest BCUT2D eigenvalue weighted by Crippen LogP contribution is 2.35. The van der Waals surface area contributed by atoms with Crippen molar-refractivity contribution in [3.05, 3.63) is 47.2 Å². The van der Waals surface area contributed by atoms with Gasteiger partial charge in [0.2, 0.25) is 0 Å². The molecule has 1 unspecified atom stereocenters. The molecule has 0 amide bonds. The number of benzene rings is 1. The Morgan fingerprint density at radius 1 is 1.32 bits per heavy atom. The van der Waals surface area contributed by atoms with Gasteiger partial charge < -0.3 is 5.11 Å². The summed E-state index contributed by atoms with van der Waals surface area (Å²) >= 11 is 0. The van der Waals surface area contributed by atoms with E-state index in [4.69, 9.17) is 0 Å². The Balaban J connectivity index is 2.38. The van der Waals surface area contributed by atoms with Crippen LogP contribution in [0.25, 0.3) is 0 Å². The zero-order valence-corrected chi connectivity index (χ0v) is 11.1. The fourth-order valence-electron chi connectivity index (χ4n) is 2.51. The summed E-state index contributed by atoms with van der Waals surface area (Å²) < 4.78 is 0. The van der Waals surface area contributed by atoms with Crippen molar-refractivity contribution < 1.29 is 14.7 Å². The second-order valence-corrected chi connectivity index (χ2v) is 4.86. The highest BCUT2D eigenvalue weighted by atomic mass is 16.3. The van der Waals surface area contributed by atoms with Gasteiger partial charge in [-0.15, -0.1) is 0 Å². The maximum absolute atomic E-state index is 12.0. The van der Waals surface area contributed by atoms with Crippen LogP contribution in [-0.4, -0.2) is 16.7 Å². The third-order valence-corrected chi connectivity index (χ3v) is 3.48. The molecule has 1 aromatic carbocycles. The lowest BCUT2D eigenvalue weighted by molar-refractivity contribution is -0.122. The molecule has 3 nitrogen and oxygen atoms in total. The van der Waals surface area contributed by atoms with E-state index in [-0.39, 0.29) is 28.8 Å². The van der Waals surface area contributed by atoms with Crippen LogP contribution in [0.5, 0.6) is 0 Å². The summed E-state index contributed by atoms with van der Waals surface area (Å²) in [7, 11) is 0. The summed E-state index contributed by atoms with van der Waals surface area (Å²) in [5, 5.41) is 10.3. The van der Waals surface area contributed by atoms with Crippen LogP contribution in [0.1, 0.15) is 44.1 Å². The van der Waals surface area contributed by atoms with Crippen LogP contribution in [0.15, 0.2) is 41.7 Å². The highest BCUT2D eigenvalue weighted by Gasteiger charge is 2.32. The van der Waals surface area contributed by atoms with Crippen LogP contribution in [0.3, 0.4) is 0 Å². The van der Waals surface area contributed by atoms with E-state index in [0.717, 1.165) is 5.56 Å². The van der Waals surface area contributed by atoms with Crippen LogP contribution in [0, 0.1) is 0 Å². The molecule has 1 atom stereocenters. The van der Waals surface area contributed by atoms with Gasteiger partial charge in [-0.05, 0) is 18.4 Å². The average molecular weight is 258 g/mol. The second kappa shape index (κ2) is 5.83. The Morgan fingerprint density at radius 3 is 2.63 bits per heavy atom. The molecule has 19 heavy (non-hydrogen) atoms. The van der Waals surface area contributed by atoms with Crippen molar-refractivity contribution in [2.75, 3.05) is 0 Å². The van der Waals surface area contributed by atoms with E-state index in [9.17, 15) is 14.7 Å². The molecule has 1 aliphatic rings. The molecule has 1 aromatic rings. The summed E-state index contributed by atoms with van der Waals surface area (Å²) in [6, 6.07) is 9.53. The standard InChI is InChI=1S/C16H18O3/c1-2-6-13(17)15-14(18)10-9-12(16(15)19)11-7-4-3-5-8-11/h3-5,7-8,12,19H,2,6,9-10H2,1H3. The fraction of sp³-hybridized carbons (Fsp3) is 0.375. The second-order valence-electron chi connectivity index (χ2n) is 4.86. The minimum absolute atomic E-state index is 0.0296. The summed E-state index contributed by atoms with van der Waals surface area (Å²) in [5.74, 6) is -0.718. The average Bonchev–Trinajstić information content (AvgIpc) is 2.40. The maximum Gasteiger partial charge on any atom is 0.169 e. The van der Waals surface area contributed by atoms with Crippen molar-refractivity contribution in [2.45, 2.75) is 38.5 Å². The summed E-state index contributed by atoms with van der Waals surface area (Å²) in [6.07, 6.45) is 1.89. The van der Waals surface area contributed by atoms with Crippen molar-refractivity contribution in [3.8, 4) is 0 Å². The van der Waals surface area contributed by atoms with E-state index in [0.29, 0.717) is 25.7 Å². The molecule has 0 saturated carbocycles. The van der Waals surface area contributed by atoms with E-state index in [1.54, 1.807) is 0 Å². The smallest absolute Gasteiger partial charge is 0.169 e. The van der Waals surface area contributed by atoms with Gasteiger partial charge in [0, 0.05) is 18.8 Å². The predicted octanol–water partition coefficient (Wildman–Crippen LogP) is 3.31. The first-order valence-corrected chi connectivity index (χ1v) is 6.69. The number of carbonyl (C=O) groups is 2. The van der Waals surface area contributed by atoms with Crippen LogP contribution in [0.2, 0.25) is 0 Å². The first-order chi connectivity index (χ1) is 9.15. The van der Waals surface area contributed by atoms with Gasteiger partial charge in [0.1, 0.15) is 5.76 Å². The molecule has 0 fully saturated rings. The van der Waals surface area contributed by atoms with E-state index in [2.05, 4.69) is 0 Å². The van der Waals surface area contributed by atoms with Gasteiger partial charge in [-0.3, -0.25) is 9.59 Å². The minimum Gasteiger partial charge on any atom is -0.511 e. The minimum atomic E-state index is -0.231. The molecule has 100 valence electrons. The number of aliphatic hydroxyl groups is 1. The Hall–Kier alpha value is -1.90. The monoisotopic (exact) mass is 258 g/mol. The third-order valence-electron chi connectivity index (χ3n) is 3.48. The molecular weight excluding hydrogens is 240 g/mol. The van der Waals surface area contributed by atoms with Crippen LogP contribution < -0.4 is 0 Å². The van der Waals surface area contributed by atoms with Crippen molar-refractivity contribution in [3.63, 3.8) is 0 Å². The first kappa shape index (κ1) is 13.5. The molecule has 3 heteroatoms. The summed E-state index contributed by atoms with van der Waals surface area (Å²) in [6.45, 7) is 1.89. The number of ketones is 2. The lowest BCUT2D eigenvalue weighted by Gasteiger charge is -2.23. The number of hydrogen-bond donors (Lipinski definition) is 1. The number of carbonyl (C=O) groups excluding carboxylic acids is 2. The maximum atomic E-state index is 12.0. The number of hydrogen-bond acceptors (Lipinski definition) is 3. The number of Topliss-reactive ketones (excluding diaryl/α,β-unsaturated/α-hetero) is 2. The van der Waals surface area contributed by atoms with Crippen LogP contribution in [-0.2, 0) is 9.59 Å². The SMILES string of the molecule is CCCC(=O)C1=C(O)C(c2ccccc2)CCC1=O. The molecule has 0 aromatic heterocycles. The van der Waals surface area contributed by atoms with Gasteiger partial charge in [-0.25, -0.2) is 0 Å². The largest absolute Gasteiger partial charge is 0.511 e. The Bertz CT molecular complexity index is 514. The fourth-order valence-corrected chi connectivity index (χ4v) is 2.51. The number of rotatable bonds is 4. The topological polar surface area (TPSA) is 54.4 Å². The van der Waals surface area contributed by atoms with Crippen molar-refractivity contribution in [2.24, 2.45) is 0 Å².